The number of nitrogens with one attached hydrogen (secondary N) is 3. The van der Waals surface area contributed by atoms with Gasteiger partial charge >= 0.3 is 0 Å². The van der Waals surface area contributed by atoms with E-state index in [0.29, 0.717) is 25.2 Å². The quantitative estimate of drug-likeness (QED) is 0.210. The highest BCUT2D eigenvalue weighted by molar-refractivity contribution is 14.0. The molecule has 0 bridgehead atoms. The third-order valence-corrected chi connectivity index (χ3v) is 5.52. The topological polar surface area (TPSA) is 85.8 Å². The minimum Gasteiger partial charge on any atom is -0.357 e. The molecule has 0 aliphatic carbocycles. The lowest BCUT2D eigenvalue weighted by Crippen LogP contribution is -2.49. The van der Waals surface area contributed by atoms with Gasteiger partial charge in [-0.05, 0) is 32.3 Å². The van der Waals surface area contributed by atoms with Crippen LogP contribution in [-0.4, -0.2) is 64.3 Å². The van der Waals surface area contributed by atoms with Crippen LogP contribution in [0.15, 0.2) is 35.3 Å². The normalized spacial score (nSPS) is 17.6. The predicted molar refractivity (Wildman–Crippen MR) is 127 cm³/mol. The Morgan fingerprint density at radius 2 is 1.89 bits per heavy atom. The van der Waals surface area contributed by atoms with Crippen molar-refractivity contribution < 1.29 is 8.42 Å². The van der Waals surface area contributed by atoms with E-state index in [1.165, 1.54) is 5.56 Å². The Bertz CT molecular complexity index is 692. The van der Waals surface area contributed by atoms with E-state index < -0.39 is 10.0 Å². The first-order valence-corrected chi connectivity index (χ1v) is 11.6. The Kier molecular flexibility index (Phi) is 11.3. The predicted octanol–water partition coefficient (Wildman–Crippen LogP) is 1.93. The van der Waals surface area contributed by atoms with Crippen molar-refractivity contribution in [1.82, 2.24) is 20.3 Å². The van der Waals surface area contributed by atoms with Crippen molar-refractivity contribution in [1.29, 1.82) is 0 Å². The first-order valence-electron chi connectivity index (χ1n) is 9.67. The molecule has 1 unspecified atom stereocenters. The number of likely N-dealkylation sites (tertiary alicyclic amines) is 1. The maximum Gasteiger partial charge on any atom is 0.208 e. The van der Waals surface area contributed by atoms with Crippen molar-refractivity contribution in [3.63, 3.8) is 0 Å². The van der Waals surface area contributed by atoms with E-state index in [9.17, 15) is 8.42 Å². The highest BCUT2D eigenvalue weighted by Gasteiger charge is 2.23. The lowest BCUT2D eigenvalue weighted by atomic mass is 10.0. The Balaban J connectivity index is 0.00000392. The molecule has 1 aromatic carbocycles. The Hall–Kier alpha value is -0.910. The second kappa shape index (κ2) is 12.6. The zero-order chi connectivity index (χ0) is 19.7. The number of benzene rings is 1. The molecule has 1 fully saturated rings. The zero-order valence-corrected chi connectivity index (χ0v) is 20.2. The van der Waals surface area contributed by atoms with E-state index in [1.54, 1.807) is 0 Å². The molecule has 0 spiro atoms. The minimum atomic E-state index is -3.16. The van der Waals surface area contributed by atoms with E-state index in [-0.39, 0.29) is 24.0 Å². The van der Waals surface area contributed by atoms with Gasteiger partial charge < -0.3 is 10.6 Å². The molecule has 2 rings (SSSR count). The van der Waals surface area contributed by atoms with Crippen LogP contribution in [-0.2, 0) is 10.0 Å². The Labute approximate surface area is 186 Å². The molecule has 1 aromatic rings. The highest BCUT2D eigenvalue weighted by atomic mass is 127. The van der Waals surface area contributed by atoms with Crippen LogP contribution in [0.3, 0.4) is 0 Å². The molecule has 0 amide bonds. The summed E-state index contributed by atoms with van der Waals surface area (Å²) < 4.78 is 24.7. The van der Waals surface area contributed by atoms with Gasteiger partial charge in [-0.3, -0.25) is 9.89 Å². The van der Waals surface area contributed by atoms with Crippen LogP contribution < -0.4 is 15.4 Å². The van der Waals surface area contributed by atoms with Crippen molar-refractivity contribution in [2.45, 2.75) is 38.8 Å². The van der Waals surface area contributed by atoms with Crippen molar-refractivity contribution in [2.75, 3.05) is 39.0 Å². The first kappa shape index (κ1) is 25.1. The standard InChI is InChI=1S/C19H33N5O2S.HI/c1-4-20-19(21-12-13-22-27(3,25)26)23-18-10-14-24(15-11-18)16(2)17-8-6-5-7-9-17;/h5-9,16,18,22H,4,10-15H2,1-3H3,(H2,20,21,23);1H. The van der Waals surface area contributed by atoms with Gasteiger partial charge in [-0.15, -0.1) is 24.0 Å². The third-order valence-electron chi connectivity index (χ3n) is 4.79. The smallest absolute Gasteiger partial charge is 0.208 e. The van der Waals surface area contributed by atoms with Crippen LogP contribution in [0.2, 0.25) is 0 Å². The molecule has 1 aliphatic rings. The van der Waals surface area contributed by atoms with Gasteiger partial charge in [0.1, 0.15) is 0 Å². The molecule has 0 radical (unpaired) electrons. The lowest BCUT2D eigenvalue weighted by molar-refractivity contribution is 0.158. The van der Waals surface area contributed by atoms with Crippen molar-refractivity contribution in [3.8, 4) is 0 Å². The van der Waals surface area contributed by atoms with E-state index in [4.69, 9.17) is 0 Å². The molecule has 9 heteroatoms. The van der Waals surface area contributed by atoms with Gasteiger partial charge in [0.05, 0.1) is 12.8 Å². The highest BCUT2D eigenvalue weighted by Crippen LogP contribution is 2.23. The average Bonchev–Trinajstić information content (AvgIpc) is 2.65. The van der Waals surface area contributed by atoms with Crippen molar-refractivity contribution in [2.24, 2.45) is 4.99 Å². The van der Waals surface area contributed by atoms with Crippen molar-refractivity contribution >= 4 is 40.0 Å². The summed E-state index contributed by atoms with van der Waals surface area (Å²) in [5.74, 6) is 0.752. The van der Waals surface area contributed by atoms with Crippen LogP contribution in [0.1, 0.15) is 38.3 Å². The summed E-state index contributed by atoms with van der Waals surface area (Å²) in [7, 11) is -3.16. The zero-order valence-electron chi connectivity index (χ0n) is 17.0. The van der Waals surface area contributed by atoms with Crippen LogP contribution in [0.4, 0.5) is 0 Å². The minimum absolute atomic E-state index is 0. The number of piperidine rings is 1. The number of hydrogen-bond acceptors (Lipinski definition) is 4. The number of hydrogen-bond donors (Lipinski definition) is 3. The summed E-state index contributed by atoms with van der Waals surface area (Å²) in [4.78, 5) is 6.99. The van der Waals surface area contributed by atoms with Crippen LogP contribution in [0.25, 0.3) is 0 Å². The van der Waals surface area contributed by atoms with Crippen LogP contribution in [0, 0.1) is 0 Å². The van der Waals surface area contributed by atoms with Gasteiger partial charge in [-0.2, -0.15) is 0 Å². The second-order valence-electron chi connectivity index (χ2n) is 6.97. The number of halogens is 1. The van der Waals surface area contributed by atoms with E-state index in [0.717, 1.165) is 44.7 Å². The molecule has 1 atom stereocenters. The molecular weight excluding hydrogens is 489 g/mol. The summed E-state index contributed by atoms with van der Waals surface area (Å²) in [6.45, 7) is 7.87. The van der Waals surface area contributed by atoms with E-state index in [2.05, 4.69) is 62.5 Å². The molecule has 1 heterocycles. The number of aliphatic imine (C=N–C) groups is 1. The maximum absolute atomic E-state index is 11.1. The van der Waals surface area contributed by atoms with Gasteiger partial charge in [-0.25, -0.2) is 13.1 Å². The number of rotatable bonds is 8. The summed E-state index contributed by atoms with van der Waals surface area (Å²) >= 11 is 0. The largest absolute Gasteiger partial charge is 0.357 e. The molecule has 0 saturated carbocycles. The molecule has 3 N–H and O–H groups in total. The summed E-state index contributed by atoms with van der Waals surface area (Å²) in [5.41, 5.74) is 1.36. The number of guanidine groups is 1. The van der Waals surface area contributed by atoms with Gasteiger partial charge in [0, 0.05) is 38.3 Å². The van der Waals surface area contributed by atoms with Gasteiger partial charge in [0.15, 0.2) is 5.96 Å². The summed E-state index contributed by atoms with van der Waals surface area (Å²) in [5, 5.41) is 6.72. The second-order valence-corrected chi connectivity index (χ2v) is 8.80. The van der Waals surface area contributed by atoms with Gasteiger partial charge in [-0.1, -0.05) is 30.3 Å². The maximum atomic E-state index is 11.1. The number of sulfonamides is 1. The van der Waals surface area contributed by atoms with E-state index in [1.807, 2.05) is 6.92 Å². The fourth-order valence-corrected chi connectivity index (χ4v) is 3.75. The first-order chi connectivity index (χ1) is 12.9. The fourth-order valence-electron chi connectivity index (χ4n) is 3.29. The third kappa shape index (κ3) is 9.06. The average molecular weight is 523 g/mol. The van der Waals surface area contributed by atoms with Crippen LogP contribution in [0.5, 0.6) is 0 Å². The van der Waals surface area contributed by atoms with Crippen molar-refractivity contribution in [3.05, 3.63) is 35.9 Å². The molecule has 1 aliphatic heterocycles. The molecule has 0 aromatic heterocycles. The van der Waals surface area contributed by atoms with Crippen LogP contribution >= 0.6 is 24.0 Å². The molecule has 1 saturated heterocycles. The monoisotopic (exact) mass is 523 g/mol. The molecular formula is C19H34IN5O2S. The number of nitrogens with zero attached hydrogens (tertiary/aromatic N) is 2. The van der Waals surface area contributed by atoms with Gasteiger partial charge in [0.2, 0.25) is 10.0 Å². The lowest BCUT2D eigenvalue weighted by Gasteiger charge is -2.37. The molecule has 160 valence electrons. The summed E-state index contributed by atoms with van der Waals surface area (Å²) in [6.07, 6.45) is 3.27. The summed E-state index contributed by atoms with van der Waals surface area (Å²) in [6, 6.07) is 11.4. The molecule has 7 nitrogen and oxygen atoms in total. The fraction of sp³-hybridized carbons (Fsp3) is 0.632. The van der Waals surface area contributed by atoms with Gasteiger partial charge in [0.25, 0.3) is 0 Å². The van der Waals surface area contributed by atoms with E-state index >= 15 is 0 Å². The Morgan fingerprint density at radius 3 is 2.46 bits per heavy atom. The molecule has 28 heavy (non-hydrogen) atoms. The SMILES string of the molecule is CCNC(=NCCNS(C)(=O)=O)NC1CCN(C(C)c2ccccc2)CC1.I. The Morgan fingerprint density at radius 1 is 1.25 bits per heavy atom.